The molecule has 0 saturated carbocycles. The molecule has 0 spiro atoms. The molecule has 0 saturated heterocycles. The highest BCUT2D eigenvalue weighted by Crippen LogP contribution is 2.29. The monoisotopic (exact) mass is 253 g/mol. The Morgan fingerprint density at radius 2 is 2.31 bits per heavy atom. The molecule has 3 nitrogen and oxygen atoms in total. The summed E-state index contributed by atoms with van der Waals surface area (Å²) in [5.74, 6) is 0. The second-order valence-electron chi connectivity index (χ2n) is 3.69. The Balaban J connectivity index is 2.24. The topological polar surface area (TPSA) is 37.8 Å². The van der Waals surface area contributed by atoms with Crippen LogP contribution >= 0.6 is 23.3 Å². The molecule has 0 amide bonds. The molecular weight excluding hydrogens is 242 g/mol. The van der Waals surface area contributed by atoms with Crippen molar-refractivity contribution in [2.45, 2.75) is 13.3 Å². The predicted molar refractivity (Wildman–Crippen MR) is 70.3 cm³/mol. The van der Waals surface area contributed by atoms with Crippen molar-refractivity contribution in [3.63, 3.8) is 0 Å². The molecule has 0 fully saturated rings. The van der Waals surface area contributed by atoms with Gasteiger partial charge in [0.25, 0.3) is 0 Å². The average Bonchev–Trinajstić information content (AvgIpc) is 2.69. The molecule has 5 heteroatoms. The molecule has 1 aromatic carbocycles. The maximum absolute atomic E-state index is 6.13. The van der Waals surface area contributed by atoms with E-state index in [-0.39, 0.29) is 0 Å². The smallest absolute Gasteiger partial charge is 0.129 e. The third kappa shape index (κ3) is 2.33. The van der Waals surface area contributed by atoms with Crippen LogP contribution in [0, 0.1) is 0 Å². The predicted octanol–water partition coefficient (Wildman–Crippen LogP) is 3.72. The first-order valence-electron chi connectivity index (χ1n) is 4.97. The molecule has 0 unspecified atom stereocenters. The summed E-state index contributed by atoms with van der Waals surface area (Å²) in [5, 5.41) is 3.97. The van der Waals surface area contributed by atoms with Crippen molar-refractivity contribution < 1.29 is 0 Å². The van der Waals surface area contributed by atoms with Crippen LogP contribution < -0.4 is 5.32 Å². The van der Waals surface area contributed by atoms with Gasteiger partial charge in [0, 0.05) is 6.54 Å². The van der Waals surface area contributed by atoms with Gasteiger partial charge < -0.3 is 5.32 Å². The molecule has 0 radical (unpaired) electrons. The Labute approximate surface area is 103 Å². The van der Waals surface area contributed by atoms with E-state index in [0.29, 0.717) is 5.02 Å². The number of rotatable bonds is 4. The normalized spacial score (nSPS) is 10.6. The summed E-state index contributed by atoms with van der Waals surface area (Å²) in [5.41, 5.74) is 3.74. The Morgan fingerprint density at radius 3 is 3.06 bits per heavy atom. The first-order chi connectivity index (χ1) is 7.68. The lowest BCUT2D eigenvalue weighted by molar-refractivity contribution is 1.00. The molecule has 0 aliphatic heterocycles. The van der Waals surface area contributed by atoms with E-state index in [4.69, 9.17) is 11.6 Å². The first-order valence-corrected chi connectivity index (χ1v) is 6.08. The zero-order valence-corrected chi connectivity index (χ0v) is 10.5. The van der Waals surface area contributed by atoms with Crippen LogP contribution in [0.2, 0.25) is 5.02 Å². The van der Waals surface area contributed by atoms with Crippen molar-refractivity contribution in [2.24, 2.45) is 0 Å². The van der Waals surface area contributed by atoms with E-state index in [1.807, 2.05) is 19.1 Å². The van der Waals surface area contributed by atoms with Crippen LogP contribution in [0.25, 0.3) is 11.0 Å². The van der Waals surface area contributed by atoms with E-state index in [9.17, 15) is 0 Å². The minimum absolute atomic E-state index is 0.682. The maximum atomic E-state index is 6.13. The molecule has 1 N–H and O–H groups in total. The van der Waals surface area contributed by atoms with Gasteiger partial charge in [-0.1, -0.05) is 17.2 Å². The molecule has 16 heavy (non-hydrogen) atoms. The van der Waals surface area contributed by atoms with Crippen LogP contribution in [0.3, 0.4) is 0 Å². The highest BCUT2D eigenvalue weighted by atomic mass is 35.5. The highest BCUT2D eigenvalue weighted by molar-refractivity contribution is 7.00. The molecule has 1 heterocycles. The summed E-state index contributed by atoms with van der Waals surface area (Å²) in [6.07, 6.45) is 0.921. The molecular formula is C11H12ClN3S. The number of aromatic nitrogens is 2. The van der Waals surface area contributed by atoms with E-state index in [0.717, 1.165) is 35.3 Å². The zero-order chi connectivity index (χ0) is 11.5. The average molecular weight is 254 g/mol. The Morgan fingerprint density at radius 1 is 1.50 bits per heavy atom. The lowest BCUT2D eigenvalue weighted by atomic mass is 10.2. The zero-order valence-electron chi connectivity index (χ0n) is 8.96. The quantitative estimate of drug-likeness (QED) is 0.844. The molecule has 84 valence electrons. The third-order valence-electron chi connectivity index (χ3n) is 2.23. The fourth-order valence-electron chi connectivity index (χ4n) is 1.40. The second kappa shape index (κ2) is 4.80. The fourth-order valence-corrected chi connectivity index (χ4v) is 2.16. The summed E-state index contributed by atoms with van der Waals surface area (Å²) in [6.45, 7) is 6.68. The Bertz CT molecular complexity index is 521. The molecule has 0 aliphatic carbocycles. The van der Waals surface area contributed by atoms with Gasteiger partial charge in [-0.2, -0.15) is 8.75 Å². The number of hydrogen-bond acceptors (Lipinski definition) is 4. The van der Waals surface area contributed by atoms with Crippen molar-refractivity contribution in [3.05, 3.63) is 29.3 Å². The number of nitrogens with one attached hydrogen (secondary N) is 1. The van der Waals surface area contributed by atoms with Crippen LogP contribution in [-0.2, 0) is 0 Å². The van der Waals surface area contributed by atoms with Gasteiger partial charge in [0.1, 0.15) is 11.0 Å². The number of hydrogen-bond donors (Lipinski definition) is 1. The Hall–Kier alpha value is -1.13. The molecule has 2 rings (SSSR count). The van der Waals surface area contributed by atoms with Gasteiger partial charge in [0.15, 0.2) is 0 Å². The lowest BCUT2D eigenvalue weighted by Crippen LogP contribution is -2.02. The minimum Gasteiger partial charge on any atom is -0.382 e. The number of anilines is 1. The van der Waals surface area contributed by atoms with Crippen molar-refractivity contribution in [1.82, 2.24) is 8.75 Å². The van der Waals surface area contributed by atoms with E-state index in [2.05, 4.69) is 20.6 Å². The van der Waals surface area contributed by atoms with E-state index >= 15 is 0 Å². The summed E-state index contributed by atoms with van der Waals surface area (Å²) in [4.78, 5) is 0. The number of halogens is 1. The summed E-state index contributed by atoms with van der Waals surface area (Å²) >= 11 is 7.33. The summed E-state index contributed by atoms with van der Waals surface area (Å²) in [7, 11) is 0. The largest absolute Gasteiger partial charge is 0.382 e. The second-order valence-corrected chi connectivity index (χ2v) is 4.62. The van der Waals surface area contributed by atoms with Gasteiger partial charge >= 0.3 is 0 Å². The van der Waals surface area contributed by atoms with Gasteiger partial charge in [-0.3, -0.25) is 0 Å². The van der Waals surface area contributed by atoms with Gasteiger partial charge in [0.05, 0.1) is 22.4 Å². The van der Waals surface area contributed by atoms with E-state index < -0.39 is 0 Å². The number of fused-ring (bicyclic) bond motifs is 1. The number of benzene rings is 1. The maximum Gasteiger partial charge on any atom is 0.129 e. The van der Waals surface area contributed by atoms with Crippen LogP contribution in [0.1, 0.15) is 13.3 Å². The van der Waals surface area contributed by atoms with Crippen molar-refractivity contribution in [3.8, 4) is 0 Å². The summed E-state index contributed by atoms with van der Waals surface area (Å²) in [6, 6.07) is 3.72. The van der Waals surface area contributed by atoms with Gasteiger partial charge in [0.2, 0.25) is 0 Å². The van der Waals surface area contributed by atoms with Crippen LogP contribution in [-0.4, -0.2) is 15.3 Å². The van der Waals surface area contributed by atoms with Crippen LogP contribution in [0.5, 0.6) is 0 Å². The summed E-state index contributed by atoms with van der Waals surface area (Å²) < 4.78 is 8.42. The highest BCUT2D eigenvalue weighted by Gasteiger charge is 2.08. The van der Waals surface area contributed by atoms with Gasteiger partial charge in [-0.05, 0) is 25.5 Å². The SMILES string of the molecule is C=C(C)CCNc1c(Cl)ccc2nsnc12. The molecule has 0 atom stereocenters. The molecule has 2 aromatic rings. The minimum atomic E-state index is 0.682. The van der Waals surface area contributed by atoms with E-state index in [1.54, 1.807) is 0 Å². The van der Waals surface area contributed by atoms with Crippen LogP contribution in [0.15, 0.2) is 24.3 Å². The van der Waals surface area contributed by atoms with Crippen LogP contribution in [0.4, 0.5) is 5.69 Å². The molecule has 0 bridgehead atoms. The van der Waals surface area contributed by atoms with Crippen molar-refractivity contribution in [2.75, 3.05) is 11.9 Å². The first kappa shape index (κ1) is 11.4. The van der Waals surface area contributed by atoms with Gasteiger partial charge in [-0.15, -0.1) is 6.58 Å². The van der Waals surface area contributed by atoms with Gasteiger partial charge in [-0.25, -0.2) is 0 Å². The fraction of sp³-hybridized carbons (Fsp3) is 0.273. The lowest BCUT2D eigenvalue weighted by Gasteiger charge is -2.08. The Kier molecular flexibility index (Phi) is 3.41. The van der Waals surface area contributed by atoms with Crippen molar-refractivity contribution in [1.29, 1.82) is 0 Å². The molecule has 1 aromatic heterocycles. The standard InChI is InChI=1S/C11H12ClN3S/c1-7(2)5-6-13-10-8(12)3-4-9-11(10)15-16-14-9/h3-4,13H,1,5-6H2,2H3. The van der Waals surface area contributed by atoms with E-state index in [1.165, 1.54) is 11.7 Å². The van der Waals surface area contributed by atoms with Crippen molar-refractivity contribution >= 4 is 40.0 Å². The number of nitrogens with zero attached hydrogens (tertiary/aromatic N) is 2. The molecule has 0 aliphatic rings. The third-order valence-corrected chi connectivity index (χ3v) is 3.09.